The molecule has 2 nitrogen and oxygen atoms in total. The lowest BCUT2D eigenvalue weighted by Crippen LogP contribution is -2.21. The molecule has 0 saturated carbocycles. The fourth-order valence-corrected chi connectivity index (χ4v) is 2.53. The van der Waals surface area contributed by atoms with E-state index >= 15 is 0 Å². The van der Waals surface area contributed by atoms with Crippen molar-refractivity contribution in [2.45, 2.75) is 64.8 Å². The summed E-state index contributed by atoms with van der Waals surface area (Å²) in [6.07, 6.45) is 8.22. The van der Waals surface area contributed by atoms with Crippen molar-refractivity contribution in [2.75, 3.05) is 6.61 Å². The van der Waals surface area contributed by atoms with Crippen LogP contribution in [0.15, 0.2) is 22.7 Å². The van der Waals surface area contributed by atoms with Crippen LogP contribution in [-0.4, -0.2) is 12.6 Å². The first-order valence-electron chi connectivity index (χ1n) is 7.84. The van der Waals surface area contributed by atoms with E-state index < -0.39 is 0 Å². The van der Waals surface area contributed by atoms with Crippen molar-refractivity contribution in [1.29, 1.82) is 0 Å². The van der Waals surface area contributed by atoms with E-state index in [1.54, 1.807) is 0 Å². The van der Waals surface area contributed by atoms with Gasteiger partial charge in [-0.1, -0.05) is 55.5 Å². The molecule has 1 unspecified atom stereocenters. The average Bonchev–Trinajstić information content (AvgIpc) is 2.45. The normalized spacial score (nSPS) is 12.4. The van der Waals surface area contributed by atoms with Crippen molar-refractivity contribution < 1.29 is 4.74 Å². The molecule has 0 spiro atoms. The molecule has 0 aliphatic rings. The Morgan fingerprint density at radius 2 is 1.90 bits per heavy atom. The van der Waals surface area contributed by atoms with Gasteiger partial charge in [0.15, 0.2) is 0 Å². The second-order valence-electron chi connectivity index (χ2n) is 5.39. The Morgan fingerprint density at radius 3 is 2.60 bits per heavy atom. The molecule has 0 heterocycles. The van der Waals surface area contributed by atoms with Gasteiger partial charge in [0.05, 0.1) is 6.61 Å². The third-order valence-electron chi connectivity index (χ3n) is 3.54. The van der Waals surface area contributed by atoms with E-state index in [1.165, 1.54) is 31.2 Å². The van der Waals surface area contributed by atoms with E-state index in [0.717, 1.165) is 36.1 Å². The minimum Gasteiger partial charge on any atom is -0.494 e. The monoisotopic (exact) mass is 341 g/mol. The predicted molar refractivity (Wildman–Crippen MR) is 90.4 cm³/mol. The van der Waals surface area contributed by atoms with E-state index in [-0.39, 0.29) is 6.04 Å². The Kier molecular flexibility index (Phi) is 8.95. The fourth-order valence-electron chi connectivity index (χ4n) is 2.12. The van der Waals surface area contributed by atoms with Crippen LogP contribution >= 0.6 is 15.9 Å². The molecule has 0 radical (unpaired) electrons. The second-order valence-corrected chi connectivity index (χ2v) is 6.24. The predicted octanol–water partition coefficient (Wildman–Crippen LogP) is 5.08. The number of ether oxygens (including phenoxy) is 1. The van der Waals surface area contributed by atoms with Crippen molar-refractivity contribution in [2.24, 2.45) is 5.73 Å². The quantitative estimate of drug-likeness (QED) is 0.602. The number of hydrogen-bond acceptors (Lipinski definition) is 2. The van der Waals surface area contributed by atoms with E-state index in [0.29, 0.717) is 0 Å². The van der Waals surface area contributed by atoms with Crippen LogP contribution in [0.1, 0.15) is 57.9 Å². The fraction of sp³-hybridized carbons (Fsp3) is 0.647. The van der Waals surface area contributed by atoms with Crippen LogP contribution in [-0.2, 0) is 6.42 Å². The number of rotatable bonds is 10. The van der Waals surface area contributed by atoms with E-state index in [4.69, 9.17) is 10.5 Å². The molecule has 114 valence electrons. The molecule has 0 fully saturated rings. The third kappa shape index (κ3) is 6.76. The average molecular weight is 342 g/mol. The topological polar surface area (TPSA) is 35.2 Å². The summed E-state index contributed by atoms with van der Waals surface area (Å²) in [5.74, 6) is 0.960. The molecular weight excluding hydrogens is 314 g/mol. The number of halogens is 1. The molecule has 3 heteroatoms. The minimum absolute atomic E-state index is 0.218. The van der Waals surface area contributed by atoms with Gasteiger partial charge in [0.1, 0.15) is 5.75 Å². The lowest BCUT2D eigenvalue weighted by Gasteiger charge is -2.13. The molecule has 1 atom stereocenters. The first kappa shape index (κ1) is 17.5. The highest BCUT2D eigenvalue weighted by atomic mass is 79.9. The van der Waals surface area contributed by atoms with E-state index in [9.17, 15) is 0 Å². The smallest absolute Gasteiger partial charge is 0.119 e. The molecule has 20 heavy (non-hydrogen) atoms. The Balaban J connectivity index is 2.40. The van der Waals surface area contributed by atoms with Gasteiger partial charge in [-0.15, -0.1) is 0 Å². The van der Waals surface area contributed by atoms with Crippen LogP contribution in [0.4, 0.5) is 0 Å². The summed E-state index contributed by atoms with van der Waals surface area (Å²) in [4.78, 5) is 0. The lowest BCUT2D eigenvalue weighted by atomic mass is 10.0. The van der Waals surface area contributed by atoms with Gasteiger partial charge >= 0.3 is 0 Å². The summed E-state index contributed by atoms with van der Waals surface area (Å²) in [6, 6.07) is 6.42. The molecule has 0 bridgehead atoms. The van der Waals surface area contributed by atoms with Crippen LogP contribution in [0.5, 0.6) is 5.75 Å². The molecule has 1 aromatic carbocycles. The van der Waals surface area contributed by atoms with Crippen LogP contribution in [0.25, 0.3) is 0 Å². The van der Waals surface area contributed by atoms with Crippen LogP contribution in [0, 0.1) is 0 Å². The minimum atomic E-state index is 0.218. The van der Waals surface area contributed by atoms with Gasteiger partial charge in [-0.05, 0) is 43.0 Å². The van der Waals surface area contributed by atoms with E-state index in [1.807, 2.05) is 6.07 Å². The highest BCUT2D eigenvalue weighted by Crippen LogP contribution is 2.24. The maximum Gasteiger partial charge on any atom is 0.119 e. The van der Waals surface area contributed by atoms with Crippen molar-refractivity contribution in [1.82, 2.24) is 0 Å². The van der Waals surface area contributed by atoms with Crippen LogP contribution in [0.3, 0.4) is 0 Å². The molecular formula is C17H28BrNO. The molecule has 2 N–H and O–H groups in total. The van der Waals surface area contributed by atoms with Gasteiger partial charge in [-0.3, -0.25) is 0 Å². The summed E-state index contributed by atoms with van der Waals surface area (Å²) in [5.41, 5.74) is 7.27. The molecule has 0 aromatic heterocycles. The Morgan fingerprint density at radius 1 is 1.15 bits per heavy atom. The number of nitrogens with two attached hydrogens (primary N) is 1. The number of benzene rings is 1. The van der Waals surface area contributed by atoms with Crippen molar-refractivity contribution in [3.8, 4) is 5.75 Å². The standard InChI is InChI=1S/C17H28BrNO/c1-3-5-6-7-8-11-20-16-9-10-17(18)14(13-16)12-15(19)4-2/h9-10,13,15H,3-8,11-12,19H2,1-2H3. The SMILES string of the molecule is CCCCCCCOc1ccc(Br)c(CC(N)CC)c1. The first-order chi connectivity index (χ1) is 9.67. The van der Waals surface area contributed by atoms with Gasteiger partial charge in [-0.2, -0.15) is 0 Å². The summed E-state index contributed by atoms with van der Waals surface area (Å²) < 4.78 is 6.96. The summed E-state index contributed by atoms with van der Waals surface area (Å²) in [6.45, 7) is 5.17. The second kappa shape index (κ2) is 10.2. The number of unbranched alkanes of at least 4 members (excludes halogenated alkanes) is 4. The third-order valence-corrected chi connectivity index (χ3v) is 4.31. The van der Waals surface area contributed by atoms with Crippen LogP contribution in [0.2, 0.25) is 0 Å². The summed E-state index contributed by atoms with van der Waals surface area (Å²) >= 11 is 3.59. The van der Waals surface area contributed by atoms with Crippen molar-refractivity contribution in [3.63, 3.8) is 0 Å². The summed E-state index contributed by atoms with van der Waals surface area (Å²) in [5, 5.41) is 0. The zero-order valence-corrected chi connectivity index (χ0v) is 14.4. The van der Waals surface area contributed by atoms with Crippen LogP contribution < -0.4 is 10.5 Å². The maximum absolute atomic E-state index is 6.03. The molecule has 1 aromatic rings. The molecule has 0 amide bonds. The van der Waals surface area contributed by atoms with Crippen molar-refractivity contribution in [3.05, 3.63) is 28.2 Å². The van der Waals surface area contributed by atoms with E-state index in [2.05, 4.69) is 41.9 Å². The largest absolute Gasteiger partial charge is 0.494 e. The molecule has 0 aliphatic carbocycles. The van der Waals surface area contributed by atoms with Gasteiger partial charge in [0, 0.05) is 10.5 Å². The first-order valence-corrected chi connectivity index (χ1v) is 8.63. The Labute approximate surface area is 132 Å². The summed E-state index contributed by atoms with van der Waals surface area (Å²) in [7, 11) is 0. The molecule has 1 rings (SSSR count). The highest BCUT2D eigenvalue weighted by Gasteiger charge is 2.07. The zero-order valence-electron chi connectivity index (χ0n) is 12.8. The van der Waals surface area contributed by atoms with Gasteiger partial charge in [0.2, 0.25) is 0 Å². The zero-order chi connectivity index (χ0) is 14.8. The van der Waals surface area contributed by atoms with Gasteiger partial charge < -0.3 is 10.5 Å². The Hall–Kier alpha value is -0.540. The highest BCUT2D eigenvalue weighted by molar-refractivity contribution is 9.10. The van der Waals surface area contributed by atoms with Gasteiger partial charge in [0.25, 0.3) is 0 Å². The number of hydrogen-bond donors (Lipinski definition) is 1. The Bertz CT molecular complexity index is 381. The van der Waals surface area contributed by atoms with Crippen molar-refractivity contribution >= 4 is 15.9 Å². The lowest BCUT2D eigenvalue weighted by molar-refractivity contribution is 0.304. The maximum atomic E-state index is 6.03. The molecule has 0 aliphatic heterocycles. The van der Waals surface area contributed by atoms with Gasteiger partial charge in [-0.25, -0.2) is 0 Å². The molecule has 0 saturated heterocycles.